The summed E-state index contributed by atoms with van der Waals surface area (Å²) in [6, 6.07) is 3.19. The van der Waals surface area contributed by atoms with E-state index in [2.05, 4.69) is 22.6 Å². The van der Waals surface area contributed by atoms with E-state index in [1.165, 1.54) is 5.56 Å². The van der Waals surface area contributed by atoms with Gasteiger partial charge in [-0.3, -0.25) is 10.1 Å². The average Bonchev–Trinajstić information content (AvgIpc) is 2.48. The second kappa shape index (κ2) is 3.47. The Morgan fingerprint density at radius 1 is 1.57 bits per heavy atom. The summed E-state index contributed by atoms with van der Waals surface area (Å²) in [4.78, 5) is 10.3. The van der Waals surface area contributed by atoms with E-state index in [4.69, 9.17) is 5.73 Å². The molecule has 0 amide bonds. The van der Waals surface area contributed by atoms with Crippen molar-refractivity contribution in [2.75, 3.05) is 0 Å². The van der Waals surface area contributed by atoms with Crippen LogP contribution in [0.1, 0.15) is 23.6 Å². The number of nitrogens with two attached hydrogens (primary N) is 1. The van der Waals surface area contributed by atoms with E-state index in [1.54, 1.807) is 12.1 Å². The molecule has 2 rings (SSSR count). The number of nitro benzene ring substituents is 1. The molecule has 0 aromatic heterocycles. The van der Waals surface area contributed by atoms with Gasteiger partial charge in [0.25, 0.3) is 5.69 Å². The van der Waals surface area contributed by atoms with Gasteiger partial charge in [-0.25, -0.2) is 0 Å². The zero-order valence-electron chi connectivity index (χ0n) is 7.37. The minimum Gasteiger partial charge on any atom is -0.324 e. The highest BCUT2D eigenvalue weighted by molar-refractivity contribution is 14.1. The molecule has 1 aliphatic carbocycles. The Morgan fingerprint density at radius 2 is 2.29 bits per heavy atom. The van der Waals surface area contributed by atoms with Gasteiger partial charge in [-0.1, -0.05) is 0 Å². The third-order valence-electron chi connectivity index (χ3n) is 2.53. The van der Waals surface area contributed by atoms with Gasteiger partial charge in [-0.2, -0.15) is 0 Å². The quantitative estimate of drug-likeness (QED) is 0.491. The smallest absolute Gasteiger partial charge is 0.270 e. The van der Waals surface area contributed by atoms with Crippen LogP contribution in [-0.2, 0) is 6.42 Å². The normalized spacial score (nSPS) is 19.4. The van der Waals surface area contributed by atoms with Gasteiger partial charge in [-0.05, 0) is 46.6 Å². The second-order valence-electron chi connectivity index (χ2n) is 3.40. The fraction of sp³-hybridized carbons (Fsp3) is 0.333. The van der Waals surface area contributed by atoms with Gasteiger partial charge in [0.1, 0.15) is 0 Å². The highest BCUT2D eigenvalue weighted by Crippen LogP contribution is 2.35. The van der Waals surface area contributed by atoms with Crippen LogP contribution in [0.5, 0.6) is 0 Å². The summed E-state index contributed by atoms with van der Waals surface area (Å²) < 4.78 is 0.958. The molecule has 4 nitrogen and oxygen atoms in total. The number of hydrogen-bond donors (Lipinski definition) is 1. The van der Waals surface area contributed by atoms with Crippen LogP contribution >= 0.6 is 22.6 Å². The van der Waals surface area contributed by atoms with Crippen molar-refractivity contribution < 1.29 is 4.92 Å². The molecule has 0 bridgehead atoms. The van der Waals surface area contributed by atoms with Crippen molar-refractivity contribution in [1.29, 1.82) is 0 Å². The first-order valence-electron chi connectivity index (χ1n) is 4.32. The van der Waals surface area contributed by atoms with Crippen LogP contribution in [0.2, 0.25) is 0 Å². The maximum Gasteiger partial charge on any atom is 0.270 e. The van der Waals surface area contributed by atoms with Crippen LogP contribution in [-0.4, -0.2) is 4.92 Å². The number of rotatable bonds is 1. The van der Waals surface area contributed by atoms with Crippen molar-refractivity contribution in [1.82, 2.24) is 0 Å². The van der Waals surface area contributed by atoms with E-state index in [9.17, 15) is 10.1 Å². The third kappa shape index (κ3) is 1.50. The molecular formula is C9H9IN2O2. The molecule has 1 atom stereocenters. The molecule has 1 aliphatic rings. The summed E-state index contributed by atoms with van der Waals surface area (Å²) in [5.74, 6) is 0. The zero-order chi connectivity index (χ0) is 10.3. The van der Waals surface area contributed by atoms with Crippen molar-refractivity contribution in [2.45, 2.75) is 18.9 Å². The maximum atomic E-state index is 10.6. The number of halogens is 1. The highest BCUT2D eigenvalue weighted by atomic mass is 127. The Morgan fingerprint density at radius 3 is 2.93 bits per heavy atom. The summed E-state index contributed by atoms with van der Waals surface area (Å²) in [7, 11) is 0. The number of benzene rings is 1. The summed E-state index contributed by atoms with van der Waals surface area (Å²) in [6.07, 6.45) is 1.83. The van der Waals surface area contributed by atoms with Gasteiger partial charge >= 0.3 is 0 Å². The van der Waals surface area contributed by atoms with Crippen LogP contribution < -0.4 is 5.73 Å². The molecule has 14 heavy (non-hydrogen) atoms. The molecule has 0 aliphatic heterocycles. The molecule has 0 radical (unpaired) electrons. The lowest BCUT2D eigenvalue weighted by molar-refractivity contribution is -0.385. The summed E-state index contributed by atoms with van der Waals surface area (Å²) in [5.41, 5.74) is 8.13. The molecule has 2 N–H and O–H groups in total. The fourth-order valence-corrected chi connectivity index (χ4v) is 2.70. The van der Waals surface area contributed by atoms with Crippen LogP contribution in [0.4, 0.5) is 5.69 Å². The highest BCUT2D eigenvalue weighted by Gasteiger charge is 2.24. The number of hydrogen-bond acceptors (Lipinski definition) is 3. The Kier molecular flexibility index (Phi) is 2.44. The number of nitro groups is 1. The molecule has 0 heterocycles. The fourth-order valence-electron chi connectivity index (χ4n) is 1.80. The largest absolute Gasteiger partial charge is 0.324 e. The minimum atomic E-state index is -0.368. The third-order valence-corrected chi connectivity index (χ3v) is 3.49. The standard InChI is InChI=1S/C9H9IN2O2/c10-8-4-5(12(13)14)3-7-6(8)1-2-9(7)11/h3-4,9H,1-2,11H2/t9-/m1/s1. The molecule has 1 aromatic rings. The van der Waals surface area contributed by atoms with Crippen molar-refractivity contribution >= 4 is 28.3 Å². The second-order valence-corrected chi connectivity index (χ2v) is 4.56. The van der Waals surface area contributed by atoms with Crippen LogP contribution in [0.3, 0.4) is 0 Å². The Balaban J connectivity index is 2.58. The summed E-state index contributed by atoms with van der Waals surface area (Å²) >= 11 is 2.13. The predicted molar refractivity (Wildman–Crippen MR) is 61.1 cm³/mol. The van der Waals surface area contributed by atoms with Gasteiger partial charge in [0.05, 0.1) is 4.92 Å². The van der Waals surface area contributed by atoms with E-state index in [-0.39, 0.29) is 16.7 Å². The first-order chi connectivity index (χ1) is 6.59. The topological polar surface area (TPSA) is 69.2 Å². The molecule has 0 saturated heterocycles. The van der Waals surface area contributed by atoms with Gasteiger partial charge in [0, 0.05) is 21.7 Å². The number of non-ortho nitro benzene ring substituents is 1. The molecule has 0 spiro atoms. The van der Waals surface area contributed by atoms with E-state index >= 15 is 0 Å². The monoisotopic (exact) mass is 304 g/mol. The van der Waals surface area contributed by atoms with Crippen molar-refractivity contribution in [2.24, 2.45) is 5.73 Å². The van der Waals surface area contributed by atoms with Crippen LogP contribution in [0, 0.1) is 13.7 Å². The number of nitrogens with zero attached hydrogens (tertiary/aromatic N) is 1. The predicted octanol–water partition coefficient (Wildman–Crippen LogP) is 2.15. The first kappa shape index (κ1) is 9.85. The van der Waals surface area contributed by atoms with Crippen LogP contribution in [0.25, 0.3) is 0 Å². The Labute approximate surface area is 94.8 Å². The molecule has 0 fully saturated rings. The van der Waals surface area contributed by atoms with E-state index in [1.807, 2.05) is 0 Å². The van der Waals surface area contributed by atoms with E-state index in [0.29, 0.717) is 0 Å². The summed E-state index contributed by atoms with van der Waals surface area (Å²) in [6.45, 7) is 0. The van der Waals surface area contributed by atoms with Crippen molar-refractivity contribution in [3.8, 4) is 0 Å². The van der Waals surface area contributed by atoms with E-state index in [0.717, 1.165) is 22.0 Å². The SMILES string of the molecule is N[C@@H]1CCc2c(I)cc([N+](=O)[O-])cc21. The average molecular weight is 304 g/mol. The molecule has 0 saturated carbocycles. The zero-order valence-corrected chi connectivity index (χ0v) is 9.52. The lowest BCUT2D eigenvalue weighted by Gasteiger charge is -2.05. The van der Waals surface area contributed by atoms with Gasteiger partial charge < -0.3 is 5.73 Å². The van der Waals surface area contributed by atoms with Gasteiger partial charge in [0.15, 0.2) is 0 Å². The van der Waals surface area contributed by atoms with Crippen LogP contribution in [0.15, 0.2) is 12.1 Å². The minimum absolute atomic E-state index is 0.0292. The molecular weight excluding hydrogens is 295 g/mol. The maximum absolute atomic E-state index is 10.6. The lowest BCUT2D eigenvalue weighted by atomic mass is 10.1. The lowest BCUT2D eigenvalue weighted by Crippen LogP contribution is -2.06. The molecule has 74 valence electrons. The van der Waals surface area contributed by atoms with Crippen molar-refractivity contribution in [3.63, 3.8) is 0 Å². The molecule has 1 aromatic carbocycles. The van der Waals surface area contributed by atoms with E-state index < -0.39 is 0 Å². The summed E-state index contributed by atoms with van der Waals surface area (Å²) in [5, 5.41) is 10.6. The molecule has 0 unspecified atom stereocenters. The number of fused-ring (bicyclic) bond motifs is 1. The Bertz CT molecular complexity index is 406. The van der Waals surface area contributed by atoms with Gasteiger partial charge in [0.2, 0.25) is 0 Å². The molecule has 5 heteroatoms. The first-order valence-corrected chi connectivity index (χ1v) is 5.39. The van der Waals surface area contributed by atoms with Crippen molar-refractivity contribution in [3.05, 3.63) is 36.9 Å². The van der Waals surface area contributed by atoms with Gasteiger partial charge in [-0.15, -0.1) is 0 Å². The Hall–Kier alpha value is -0.690.